The number of hydrogen-bond acceptors (Lipinski definition) is 4. The van der Waals surface area contributed by atoms with Crippen molar-refractivity contribution in [1.82, 2.24) is 10.4 Å². The molecular weight excluding hydrogens is 254 g/mol. The van der Waals surface area contributed by atoms with Gasteiger partial charge in [-0.2, -0.15) is 0 Å². The highest BCUT2D eigenvalue weighted by Crippen LogP contribution is 2.32. The van der Waals surface area contributed by atoms with E-state index in [1.165, 1.54) is 40.8 Å². The molecule has 0 amide bonds. The maximum absolute atomic E-state index is 5.79. The summed E-state index contributed by atoms with van der Waals surface area (Å²) >= 11 is 1.72. The molecule has 0 saturated carbocycles. The minimum atomic E-state index is 0.0529. The lowest BCUT2D eigenvalue weighted by atomic mass is 10.00. The Labute approximate surface area is 117 Å². The van der Waals surface area contributed by atoms with Crippen LogP contribution < -0.4 is 11.3 Å². The molecule has 1 aromatic carbocycles. The lowest BCUT2D eigenvalue weighted by Crippen LogP contribution is -2.28. The normalized spacial score (nSPS) is 15.5. The summed E-state index contributed by atoms with van der Waals surface area (Å²) in [4.78, 5) is 5.72. The van der Waals surface area contributed by atoms with Crippen LogP contribution in [0, 0.1) is 13.8 Å². The summed E-state index contributed by atoms with van der Waals surface area (Å²) in [5.74, 6) is 5.79. The van der Waals surface area contributed by atoms with Gasteiger partial charge in [0.15, 0.2) is 0 Å². The van der Waals surface area contributed by atoms with Crippen LogP contribution in [0.1, 0.15) is 44.7 Å². The topological polar surface area (TPSA) is 50.9 Å². The molecular formula is C15H19N3S. The Kier molecular flexibility index (Phi) is 3.39. The van der Waals surface area contributed by atoms with Crippen LogP contribution in [0.15, 0.2) is 18.2 Å². The Morgan fingerprint density at radius 1 is 1.26 bits per heavy atom. The van der Waals surface area contributed by atoms with Gasteiger partial charge in [0.1, 0.15) is 0 Å². The second-order valence-corrected chi connectivity index (χ2v) is 6.40. The molecule has 100 valence electrons. The molecule has 3 N–H and O–H groups in total. The first-order valence-corrected chi connectivity index (χ1v) is 7.52. The summed E-state index contributed by atoms with van der Waals surface area (Å²) in [5, 5.41) is 1.09. The number of nitrogens with two attached hydrogens (primary N) is 1. The number of fused-ring (bicyclic) bond motifs is 1. The predicted octanol–water partition coefficient (Wildman–Crippen LogP) is 2.80. The molecule has 0 bridgehead atoms. The highest BCUT2D eigenvalue weighted by molar-refractivity contribution is 7.11. The third-order valence-electron chi connectivity index (χ3n) is 3.82. The number of hydrogen-bond donors (Lipinski definition) is 2. The molecule has 1 aromatic heterocycles. The van der Waals surface area contributed by atoms with Crippen molar-refractivity contribution in [3.63, 3.8) is 0 Å². The number of nitrogens with zero attached hydrogens (tertiary/aromatic N) is 1. The van der Waals surface area contributed by atoms with Gasteiger partial charge in [0.25, 0.3) is 0 Å². The van der Waals surface area contributed by atoms with Gasteiger partial charge in [-0.25, -0.2) is 10.4 Å². The van der Waals surface area contributed by atoms with Crippen molar-refractivity contribution in [2.75, 3.05) is 0 Å². The van der Waals surface area contributed by atoms with Crippen molar-refractivity contribution in [3.8, 4) is 0 Å². The Morgan fingerprint density at radius 2 is 2.05 bits per heavy atom. The summed E-state index contributed by atoms with van der Waals surface area (Å²) in [7, 11) is 0. The molecule has 1 atom stereocenters. The molecule has 19 heavy (non-hydrogen) atoms. The van der Waals surface area contributed by atoms with Gasteiger partial charge >= 0.3 is 0 Å². The molecule has 0 radical (unpaired) electrons. The van der Waals surface area contributed by atoms with E-state index in [9.17, 15) is 0 Å². The second kappa shape index (κ2) is 5.04. The van der Waals surface area contributed by atoms with Gasteiger partial charge in [0.05, 0.1) is 21.6 Å². The third-order valence-corrected chi connectivity index (χ3v) is 4.96. The summed E-state index contributed by atoms with van der Waals surface area (Å²) < 4.78 is 0. The van der Waals surface area contributed by atoms with Gasteiger partial charge in [-0.05, 0) is 49.8 Å². The third kappa shape index (κ3) is 2.31. The monoisotopic (exact) mass is 273 g/mol. The molecule has 3 rings (SSSR count). The minimum Gasteiger partial charge on any atom is -0.271 e. The standard InChI is InChI=1S/C15H19N3S/c1-9-15(19-10(2)17-9)14(18-16)13-7-6-11-4-3-5-12(11)8-13/h6-8,14,18H,3-5,16H2,1-2H3. The largest absolute Gasteiger partial charge is 0.271 e. The number of hydrazine groups is 1. The van der Waals surface area contributed by atoms with E-state index in [4.69, 9.17) is 5.84 Å². The van der Waals surface area contributed by atoms with E-state index in [2.05, 4.69) is 35.5 Å². The Morgan fingerprint density at radius 3 is 2.74 bits per heavy atom. The quantitative estimate of drug-likeness (QED) is 0.668. The minimum absolute atomic E-state index is 0.0529. The first-order valence-electron chi connectivity index (χ1n) is 6.71. The first kappa shape index (κ1) is 12.8. The van der Waals surface area contributed by atoms with Crippen molar-refractivity contribution in [3.05, 3.63) is 50.5 Å². The molecule has 2 aromatic rings. The molecule has 1 unspecified atom stereocenters. The van der Waals surface area contributed by atoms with E-state index >= 15 is 0 Å². The lowest BCUT2D eigenvalue weighted by Gasteiger charge is -2.16. The van der Waals surface area contributed by atoms with Crippen LogP contribution in [0.5, 0.6) is 0 Å². The van der Waals surface area contributed by atoms with Crippen LogP contribution in [0.25, 0.3) is 0 Å². The van der Waals surface area contributed by atoms with Gasteiger partial charge in [-0.3, -0.25) is 5.84 Å². The maximum Gasteiger partial charge on any atom is 0.0900 e. The SMILES string of the molecule is Cc1nc(C)c(C(NN)c2ccc3c(c2)CCC3)s1. The molecule has 1 aliphatic rings. The van der Waals surface area contributed by atoms with Crippen LogP contribution in [-0.2, 0) is 12.8 Å². The number of aryl methyl sites for hydroxylation is 4. The summed E-state index contributed by atoms with van der Waals surface area (Å²) in [5.41, 5.74) is 8.25. The Hall–Kier alpha value is -1.23. The fraction of sp³-hybridized carbons (Fsp3) is 0.400. The van der Waals surface area contributed by atoms with Gasteiger partial charge in [0.2, 0.25) is 0 Å². The lowest BCUT2D eigenvalue weighted by molar-refractivity contribution is 0.641. The highest BCUT2D eigenvalue weighted by Gasteiger charge is 2.20. The first-order chi connectivity index (χ1) is 9.19. The summed E-state index contributed by atoms with van der Waals surface area (Å²) in [6.07, 6.45) is 3.69. The summed E-state index contributed by atoms with van der Waals surface area (Å²) in [6.45, 7) is 4.09. The number of rotatable bonds is 3. The van der Waals surface area contributed by atoms with Crippen molar-refractivity contribution >= 4 is 11.3 Å². The zero-order valence-electron chi connectivity index (χ0n) is 11.4. The van der Waals surface area contributed by atoms with Crippen molar-refractivity contribution in [1.29, 1.82) is 0 Å². The van der Waals surface area contributed by atoms with E-state index < -0.39 is 0 Å². The van der Waals surface area contributed by atoms with Crippen LogP contribution >= 0.6 is 11.3 Å². The molecule has 4 heteroatoms. The van der Waals surface area contributed by atoms with Gasteiger partial charge in [-0.1, -0.05) is 18.2 Å². The van der Waals surface area contributed by atoms with Crippen molar-refractivity contribution in [2.24, 2.45) is 5.84 Å². The van der Waals surface area contributed by atoms with E-state index in [1.54, 1.807) is 11.3 Å². The van der Waals surface area contributed by atoms with Gasteiger partial charge in [0, 0.05) is 0 Å². The predicted molar refractivity (Wildman–Crippen MR) is 79.2 cm³/mol. The maximum atomic E-state index is 5.79. The average Bonchev–Trinajstić information content (AvgIpc) is 2.97. The zero-order valence-corrected chi connectivity index (χ0v) is 12.2. The Bertz CT molecular complexity index is 603. The van der Waals surface area contributed by atoms with Gasteiger partial charge < -0.3 is 0 Å². The van der Waals surface area contributed by atoms with E-state index in [1.807, 2.05) is 6.92 Å². The number of nitrogens with one attached hydrogen (secondary N) is 1. The van der Waals surface area contributed by atoms with E-state index in [-0.39, 0.29) is 6.04 Å². The van der Waals surface area contributed by atoms with Crippen LogP contribution in [0.2, 0.25) is 0 Å². The molecule has 0 aliphatic heterocycles. The fourth-order valence-electron chi connectivity index (χ4n) is 2.91. The van der Waals surface area contributed by atoms with Crippen molar-refractivity contribution < 1.29 is 0 Å². The molecule has 0 spiro atoms. The zero-order chi connectivity index (χ0) is 13.4. The number of benzene rings is 1. The van der Waals surface area contributed by atoms with Gasteiger partial charge in [-0.15, -0.1) is 11.3 Å². The smallest absolute Gasteiger partial charge is 0.0900 e. The Balaban J connectivity index is 2.00. The van der Waals surface area contributed by atoms with Crippen LogP contribution in [0.3, 0.4) is 0 Å². The average molecular weight is 273 g/mol. The van der Waals surface area contributed by atoms with Crippen LogP contribution in [-0.4, -0.2) is 4.98 Å². The highest BCUT2D eigenvalue weighted by atomic mass is 32.1. The second-order valence-electron chi connectivity index (χ2n) is 5.16. The number of aromatic nitrogens is 1. The van der Waals surface area contributed by atoms with E-state index in [0.717, 1.165) is 10.7 Å². The molecule has 0 saturated heterocycles. The number of thiazole rings is 1. The molecule has 0 fully saturated rings. The van der Waals surface area contributed by atoms with E-state index in [0.29, 0.717) is 0 Å². The molecule has 1 heterocycles. The van der Waals surface area contributed by atoms with Crippen molar-refractivity contribution in [2.45, 2.75) is 39.2 Å². The summed E-state index contributed by atoms with van der Waals surface area (Å²) in [6, 6.07) is 6.81. The molecule has 3 nitrogen and oxygen atoms in total. The fourth-order valence-corrected chi connectivity index (χ4v) is 3.93. The molecule has 1 aliphatic carbocycles. The van der Waals surface area contributed by atoms with Crippen LogP contribution in [0.4, 0.5) is 0 Å².